The van der Waals surface area contributed by atoms with Gasteiger partial charge in [-0.05, 0) is 42.9 Å². The summed E-state index contributed by atoms with van der Waals surface area (Å²) in [6.45, 7) is 4.09. The van der Waals surface area contributed by atoms with Crippen LogP contribution >= 0.6 is 0 Å². The maximum absolute atomic E-state index is 12.5. The van der Waals surface area contributed by atoms with Gasteiger partial charge in [-0.15, -0.1) is 0 Å². The molecule has 0 bridgehead atoms. The smallest absolute Gasteiger partial charge is 0.337 e. The Morgan fingerprint density at radius 3 is 2.52 bits per heavy atom. The van der Waals surface area contributed by atoms with Crippen LogP contribution in [0.4, 0.5) is 5.69 Å². The molecule has 6 nitrogen and oxygen atoms in total. The molecule has 3 atom stereocenters. The highest BCUT2D eigenvalue weighted by Crippen LogP contribution is 2.32. The molecule has 3 unspecified atom stereocenters. The van der Waals surface area contributed by atoms with Crippen LogP contribution in [0.15, 0.2) is 23.1 Å². The summed E-state index contributed by atoms with van der Waals surface area (Å²) < 4.78 is 27.6. The summed E-state index contributed by atoms with van der Waals surface area (Å²) in [4.78, 5) is 11.0. The first-order valence-corrected chi connectivity index (χ1v) is 8.36. The van der Waals surface area contributed by atoms with E-state index < -0.39 is 16.0 Å². The van der Waals surface area contributed by atoms with Crippen LogP contribution < -0.4 is 10.5 Å². The van der Waals surface area contributed by atoms with Crippen LogP contribution in [-0.2, 0) is 10.0 Å². The van der Waals surface area contributed by atoms with Crippen molar-refractivity contribution in [3.8, 4) is 0 Å². The Kier molecular flexibility index (Phi) is 4.25. The van der Waals surface area contributed by atoms with E-state index in [2.05, 4.69) is 11.6 Å². The summed E-state index contributed by atoms with van der Waals surface area (Å²) in [6.07, 6.45) is 1.72. The summed E-state index contributed by atoms with van der Waals surface area (Å²) in [5.41, 5.74) is 5.45. The van der Waals surface area contributed by atoms with Crippen molar-refractivity contribution in [2.45, 2.75) is 37.6 Å². The number of hydrogen-bond acceptors (Lipinski definition) is 4. The van der Waals surface area contributed by atoms with Gasteiger partial charge in [-0.25, -0.2) is 17.9 Å². The molecule has 0 aliphatic heterocycles. The van der Waals surface area contributed by atoms with Crippen LogP contribution in [-0.4, -0.2) is 25.5 Å². The number of nitrogens with one attached hydrogen (secondary N) is 1. The monoisotopic (exact) mass is 312 g/mol. The van der Waals surface area contributed by atoms with Gasteiger partial charge in [-0.1, -0.05) is 13.8 Å². The topological polar surface area (TPSA) is 109 Å². The lowest BCUT2D eigenvalue weighted by Crippen LogP contribution is -2.37. The Morgan fingerprint density at radius 2 is 2.00 bits per heavy atom. The number of carbonyl (C=O) groups is 1. The molecule has 0 saturated heterocycles. The zero-order chi connectivity index (χ0) is 15.8. The molecule has 0 heterocycles. The van der Waals surface area contributed by atoms with E-state index in [1.807, 2.05) is 6.92 Å². The van der Waals surface area contributed by atoms with E-state index in [0.29, 0.717) is 5.92 Å². The lowest BCUT2D eigenvalue weighted by atomic mass is 9.98. The molecule has 0 amide bonds. The fourth-order valence-electron chi connectivity index (χ4n) is 2.74. The maximum atomic E-state index is 12.5. The van der Waals surface area contributed by atoms with Gasteiger partial charge in [0.15, 0.2) is 0 Å². The number of carboxylic acids is 1. The van der Waals surface area contributed by atoms with E-state index in [1.54, 1.807) is 0 Å². The Hall–Kier alpha value is -1.60. The summed E-state index contributed by atoms with van der Waals surface area (Å²) in [7, 11) is -3.88. The van der Waals surface area contributed by atoms with Gasteiger partial charge in [0.25, 0.3) is 0 Å². The number of rotatable bonds is 4. The van der Waals surface area contributed by atoms with Gasteiger partial charge in [0.05, 0.1) is 10.5 Å². The zero-order valence-electron chi connectivity index (χ0n) is 12.0. The van der Waals surface area contributed by atoms with Crippen molar-refractivity contribution in [3.63, 3.8) is 0 Å². The van der Waals surface area contributed by atoms with Crippen LogP contribution in [0, 0.1) is 11.8 Å². The number of nitrogens with two attached hydrogens (primary N) is 1. The van der Waals surface area contributed by atoms with Gasteiger partial charge in [0.1, 0.15) is 0 Å². The van der Waals surface area contributed by atoms with Crippen molar-refractivity contribution in [2.24, 2.45) is 11.8 Å². The second-order valence-electron chi connectivity index (χ2n) is 5.70. The van der Waals surface area contributed by atoms with Crippen LogP contribution in [0.2, 0.25) is 0 Å². The standard InChI is InChI=1S/C14H20N2O4S/c1-8-3-5-12(9(8)2)16-21(19,20)13-6-4-10(15)7-11(13)14(17)18/h4,6-9,12,16H,3,5,15H2,1-2H3,(H,17,18). The largest absolute Gasteiger partial charge is 0.478 e. The summed E-state index contributed by atoms with van der Waals surface area (Å²) in [5, 5.41) is 9.16. The fourth-order valence-corrected chi connectivity index (χ4v) is 4.28. The molecule has 1 saturated carbocycles. The number of benzene rings is 1. The van der Waals surface area contributed by atoms with Crippen molar-refractivity contribution in [2.75, 3.05) is 5.73 Å². The van der Waals surface area contributed by atoms with E-state index in [1.165, 1.54) is 12.1 Å². The minimum atomic E-state index is -3.88. The number of nitrogen functional groups attached to an aromatic ring is 1. The third-order valence-corrected chi connectivity index (χ3v) is 5.84. The Balaban J connectivity index is 2.34. The molecule has 0 spiro atoms. The zero-order valence-corrected chi connectivity index (χ0v) is 12.9. The normalized spacial score (nSPS) is 25.9. The van der Waals surface area contributed by atoms with Gasteiger partial charge in [-0.2, -0.15) is 0 Å². The van der Waals surface area contributed by atoms with E-state index in [0.717, 1.165) is 18.9 Å². The summed E-state index contributed by atoms with van der Waals surface area (Å²) >= 11 is 0. The second-order valence-corrected chi connectivity index (χ2v) is 7.38. The van der Waals surface area contributed by atoms with Crippen molar-refractivity contribution >= 4 is 21.7 Å². The van der Waals surface area contributed by atoms with Crippen molar-refractivity contribution < 1.29 is 18.3 Å². The van der Waals surface area contributed by atoms with Crippen LogP contribution in [0.3, 0.4) is 0 Å². The first-order chi connectivity index (χ1) is 9.72. The summed E-state index contributed by atoms with van der Waals surface area (Å²) in [5.74, 6) is -0.639. The number of carboxylic acid groups (broad SMARTS) is 1. The first kappa shape index (κ1) is 15.8. The molecule has 0 radical (unpaired) electrons. The van der Waals surface area contributed by atoms with Crippen LogP contribution in [0.25, 0.3) is 0 Å². The molecule has 4 N–H and O–H groups in total. The average molecular weight is 312 g/mol. The van der Waals surface area contributed by atoms with E-state index in [-0.39, 0.29) is 28.1 Å². The fraction of sp³-hybridized carbons (Fsp3) is 0.500. The molecule has 1 fully saturated rings. The van der Waals surface area contributed by atoms with Crippen molar-refractivity contribution in [1.29, 1.82) is 0 Å². The number of hydrogen-bond donors (Lipinski definition) is 3. The first-order valence-electron chi connectivity index (χ1n) is 6.87. The molecule has 1 aliphatic rings. The molecule has 2 rings (SSSR count). The third kappa shape index (κ3) is 3.19. The quantitative estimate of drug-likeness (QED) is 0.733. The van der Waals surface area contributed by atoms with E-state index in [9.17, 15) is 13.2 Å². The minimum absolute atomic E-state index is 0.163. The molecular weight excluding hydrogens is 292 g/mol. The highest BCUT2D eigenvalue weighted by atomic mass is 32.2. The van der Waals surface area contributed by atoms with Gasteiger partial charge in [0.2, 0.25) is 10.0 Å². The van der Waals surface area contributed by atoms with Crippen LogP contribution in [0.5, 0.6) is 0 Å². The van der Waals surface area contributed by atoms with Crippen molar-refractivity contribution in [3.05, 3.63) is 23.8 Å². The van der Waals surface area contributed by atoms with Crippen molar-refractivity contribution in [1.82, 2.24) is 4.72 Å². The number of anilines is 1. The third-order valence-electron chi connectivity index (χ3n) is 4.30. The molecule has 1 aromatic rings. The molecule has 21 heavy (non-hydrogen) atoms. The molecule has 1 aromatic carbocycles. The molecule has 116 valence electrons. The van der Waals surface area contributed by atoms with Gasteiger partial charge < -0.3 is 10.8 Å². The summed E-state index contributed by atoms with van der Waals surface area (Å²) in [6, 6.07) is 3.63. The lowest BCUT2D eigenvalue weighted by Gasteiger charge is -2.20. The highest BCUT2D eigenvalue weighted by molar-refractivity contribution is 7.89. The van der Waals surface area contributed by atoms with Gasteiger partial charge in [0, 0.05) is 11.7 Å². The predicted octanol–water partition coefficient (Wildman–Crippen LogP) is 1.68. The van der Waals surface area contributed by atoms with E-state index in [4.69, 9.17) is 10.8 Å². The van der Waals surface area contributed by atoms with Crippen LogP contribution in [0.1, 0.15) is 37.0 Å². The molecule has 1 aliphatic carbocycles. The molecule has 7 heteroatoms. The Labute approximate surface area is 124 Å². The van der Waals surface area contributed by atoms with Gasteiger partial charge in [-0.3, -0.25) is 0 Å². The Bertz CT molecular complexity index is 657. The molecular formula is C14H20N2O4S. The maximum Gasteiger partial charge on any atom is 0.337 e. The Morgan fingerprint density at radius 1 is 1.33 bits per heavy atom. The van der Waals surface area contributed by atoms with E-state index >= 15 is 0 Å². The highest BCUT2D eigenvalue weighted by Gasteiger charge is 2.34. The number of sulfonamides is 1. The second kappa shape index (κ2) is 5.65. The average Bonchev–Trinajstić information content (AvgIpc) is 2.70. The lowest BCUT2D eigenvalue weighted by molar-refractivity contribution is 0.0692. The van der Waals surface area contributed by atoms with Gasteiger partial charge >= 0.3 is 5.97 Å². The SMILES string of the molecule is CC1CCC(NS(=O)(=O)c2ccc(N)cc2C(=O)O)C1C. The predicted molar refractivity (Wildman–Crippen MR) is 79.5 cm³/mol. The molecule has 0 aromatic heterocycles. The number of aromatic carboxylic acids is 1. The minimum Gasteiger partial charge on any atom is -0.478 e.